The second-order valence-corrected chi connectivity index (χ2v) is 9.36. The Balaban J connectivity index is 1.98. The summed E-state index contributed by atoms with van der Waals surface area (Å²) >= 11 is 0. The predicted molar refractivity (Wildman–Crippen MR) is 120 cm³/mol. The molecular weight excluding hydrogens is 403 g/mol. The number of aliphatic imine (C=N–C) groups is 1. The van der Waals surface area contributed by atoms with Crippen molar-refractivity contribution < 1.29 is 12.8 Å². The molecule has 8 heteroatoms. The Kier molecular flexibility index (Phi) is 8.80. The first-order valence-corrected chi connectivity index (χ1v) is 11.8. The fraction of sp³-hybridized carbons (Fsp3) is 0.409. The van der Waals surface area contributed by atoms with E-state index < -0.39 is 9.84 Å². The molecule has 0 aromatic heterocycles. The van der Waals surface area contributed by atoms with Crippen LogP contribution >= 0.6 is 0 Å². The van der Waals surface area contributed by atoms with Gasteiger partial charge in [0.15, 0.2) is 15.8 Å². The molecule has 2 rings (SSSR count). The molecule has 1 atom stereocenters. The molecule has 164 valence electrons. The Morgan fingerprint density at radius 2 is 1.70 bits per heavy atom. The summed E-state index contributed by atoms with van der Waals surface area (Å²) in [6, 6.07) is 13.5. The summed E-state index contributed by atoms with van der Waals surface area (Å²) in [5.41, 5.74) is 2.05. The number of halogens is 1. The van der Waals surface area contributed by atoms with E-state index in [1.54, 1.807) is 24.3 Å². The molecule has 0 saturated carbocycles. The molecule has 0 spiro atoms. The maximum atomic E-state index is 13.2. The minimum absolute atomic E-state index is 0.0320. The van der Waals surface area contributed by atoms with E-state index in [-0.39, 0.29) is 11.9 Å². The van der Waals surface area contributed by atoms with E-state index in [9.17, 15) is 12.8 Å². The van der Waals surface area contributed by atoms with Crippen molar-refractivity contribution in [2.45, 2.75) is 24.3 Å². The number of rotatable bonds is 9. The standard InChI is InChI=1S/C22H31FN4O2S/c1-5-24-22(25-15-14-17-6-12-20(13-7-17)30(4,28)29)26-16-21(27(2)3)18-8-10-19(23)11-9-18/h6-13,21H,5,14-16H2,1-4H3,(H2,24,25,26). The highest BCUT2D eigenvalue weighted by molar-refractivity contribution is 7.90. The molecule has 0 aliphatic rings. The third-order valence-corrected chi connectivity index (χ3v) is 5.83. The van der Waals surface area contributed by atoms with Gasteiger partial charge in [0, 0.05) is 19.3 Å². The molecule has 0 saturated heterocycles. The van der Waals surface area contributed by atoms with Gasteiger partial charge in [-0.2, -0.15) is 0 Å². The summed E-state index contributed by atoms with van der Waals surface area (Å²) in [7, 11) is 0.774. The Morgan fingerprint density at radius 3 is 2.23 bits per heavy atom. The van der Waals surface area contributed by atoms with Gasteiger partial charge in [0.1, 0.15) is 5.82 Å². The molecule has 0 aliphatic heterocycles. The van der Waals surface area contributed by atoms with E-state index in [4.69, 9.17) is 4.99 Å². The van der Waals surface area contributed by atoms with Gasteiger partial charge in [-0.3, -0.25) is 4.99 Å². The average molecular weight is 435 g/mol. The lowest BCUT2D eigenvalue weighted by Gasteiger charge is -2.23. The summed E-state index contributed by atoms with van der Waals surface area (Å²) in [5.74, 6) is 0.457. The number of benzene rings is 2. The third kappa shape index (κ3) is 7.42. The van der Waals surface area contributed by atoms with Gasteiger partial charge in [0.25, 0.3) is 0 Å². The summed E-state index contributed by atoms with van der Waals surface area (Å²) in [6.07, 6.45) is 1.94. The first-order chi connectivity index (χ1) is 14.2. The predicted octanol–water partition coefficient (Wildman–Crippen LogP) is 2.63. The second-order valence-electron chi connectivity index (χ2n) is 7.34. The first-order valence-electron chi connectivity index (χ1n) is 9.93. The van der Waals surface area contributed by atoms with Crippen molar-refractivity contribution in [1.82, 2.24) is 15.5 Å². The molecule has 6 nitrogen and oxygen atoms in total. The molecular formula is C22H31FN4O2S. The largest absolute Gasteiger partial charge is 0.357 e. The Bertz CT molecular complexity index is 927. The van der Waals surface area contributed by atoms with Gasteiger partial charge in [-0.25, -0.2) is 12.8 Å². The lowest BCUT2D eigenvalue weighted by Crippen LogP contribution is -2.39. The van der Waals surface area contributed by atoms with Gasteiger partial charge in [0.2, 0.25) is 0 Å². The fourth-order valence-corrected chi connectivity index (χ4v) is 3.63. The molecule has 0 fully saturated rings. The van der Waals surface area contributed by atoms with Crippen LogP contribution < -0.4 is 10.6 Å². The van der Waals surface area contributed by atoms with Crippen molar-refractivity contribution in [2.24, 2.45) is 4.99 Å². The van der Waals surface area contributed by atoms with Crippen LogP contribution in [0, 0.1) is 5.82 Å². The zero-order valence-electron chi connectivity index (χ0n) is 18.0. The van der Waals surface area contributed by atoms with Crippen LogP contribution in [0.1, 0.15) is 24.1 Å². The SMILES string of the molecule is CCNC(=NCC(c1ccc(F)cc1)N(C)C)NCCc1ccc(S(C)(=O)=O)cc1. The van der Waals surface area contributed by atoms with Gasteiger partial charge in [0.05, 0.1) is 17.5 Å². The van der Waals surface area contributed by atoms with Gasteiger partial charge >= 0.3 is 0 Å². The monoisotopic (exact) mass is 434 g/mol. The summed E-state index contributed by atoms with van der Waals surface area (Å²) < 4.78 is 36.3. The van der Waals surface area contributed by atoms with E-state index in [1.165, 1.54) is 18.4 Å². The summed E-state index contributed by atoms with van der Waals surface area (Å²) in [6.45, 7) is 3.92. The highest BCUT2D eigenvalue weighted by atomic mass is 32.2. The van der Waals surface area contributed by atoms with E-state index in [2.05, 4.69) is 15.5 Å². The van der Waals surface area contributed by atoms with Gasteiger partial charge in [-0.05, 0) is 62.8 Å². The maximum Gasteiger partial charge on any atom is 0.191 e. The van der Waals surface area contributed by atoms with E-state index in [0.29, 0.717) is 23.9 Å². The van der Waals surface area contributed by atoms with Crippen molar-refractivity contribution in [1.29, 1.82) is 0 Å². The highest BCUT2D eigenvalue weighted by Crippen LogP contribution is 2.19. The highest BCUT2D eigenvalue weighted by Gasteiger charge is 2.14. The quantitative estimate of drug-likeness (QED) is 0.469. The second kappa shape index (κ2) is 11.1. The van der Waals surface area contributed by atoms with Crippen LogP contribution in [0.4, 0.5) is 4.39 Å². The van der Waals surface area contributed by atoms with Crippen molar-refractivity contribution in [3.63, 3.8) is 0 Å². The zero-order chi connectivity index (χ0) is 22.1. The van der Waals surface area contributed by atoms with Crippen molar-refractivity contribution >= 4 is 15.8 Å². The van der Waals surface area contributed by atoms with E-state index >= 15 is 0 Å². The molecule has 0 amide bonds. The van der Waals surface area contributed by atoms with Crippen LogP contribution in [0.2, 0.25) is 0 Å². The topological polar surface area (TPSA) is 73.8 Å². The molecule has 30 heavy (non-hydrogen) atoms. The van der Waals surface area contributed by atoms with Gasteiger partial charge in [-0.15, -0.1) is 0 Å². The number of hydrogen-bond donors (Lipinski definition) is 2. The first kappa shape index (κ1) is 23.8. The summed E-state index contributed by atoms with van der Waals surface area (Å²) in [5, 5.41) is 6.54. The van der Waals surface area contributed by atoms with Crippen LogP contribution in [0.25, 0.3) is 0 Å². The van der Waals surface area contributed by atoms with Gasteiger partial charge < -0.3 is 15.5 Å². The Labute approximate surface area is 179 Å². The fourth-order valence-electron chi connectivity index (χ4n) is 3.00. The minimum Gasteiger partial charge on any atom is -0.357 e. The van der Waals surface area contributed by atoms with Crippen LogP contribution in [-0.4, -0.2) is 59.3 Å². The van der Waals surface area contributed by atoms with E-state index in [1.807, 2.05) is 33.2 Å². The lowest BCUT2D eigenvalue weighted by molar-refractivity contribution is 0.306. The number of hydrogen-bond acceptors (Lipinski definition) is 4. The summed E-state index contributed by atoms with van der Waals surface area (Å²) in [4.78, 5) is 7.07. The molecule has 0 heterocycles. The van der Waals surface area contributed by atoms with Crippen molar-refractivity contribution in [2.75, 3.05) is 40.0 Å². The van der Waals surface area contributed by atoms with Crippen molar-refractivity contribution in [3.05, 3.63) is 65.5 Å². The number of guanidine groups is 1. The molecule has 0 radical (unpaired) electrons. The Hall–Kier alpha value is -2.45. The number of sulfone groups is 1. The lowest BCUT2D eigenvalue weighted by atomic mass is 10.1. The number of nitrogens with zero attached hydrogens (tertiary/aromatic N) is 2. The normalized spacial score (nSPS) is 13.3. The molecule has 2 aromatic rings. The van der Waals surface area contributed by atoms with Crippen LogP contribution in [0.15, 0.2) is 58.4 Å². The smallest absolute Gasteiger partial charge is 0.191 e. The molecule has 1 unspecified atom stereocenters. The average Bonchev–Trinajstić information content (AvgIpc) is 2.69. The minimum atomic E-state index is -3.18. The molecule has 0 aliphatic carbocycles. The molecule has 2 N–H and O–H groups in total. The number of likely N-dealkylation sites (N-methyl/N-ethyl adjacent to an activating group) is 1. The van der Waals surface area contributed by atoms with E-state index in [0.717, 1.165) is 24.1 Å². The van der Waals surface area contributed by atoms with Crippen molar-refractivity contribution in [3.8, 4) is 0 Å². The third-order valence-electron chi connectivity index (χ3n) is 4.70. The maximum absolute atomic E-state index is 13.2. The van der Waals surface area contributed by atoms with Crippen LogP contribution in [0.5, 0.6) is 0 Å². The zero-order valence-corrected chi connectivity index (χ0v) is 18.8. The molecule has 2 aromatic carbocycles. The molecule has 0 bridgehead atoms. The Morgan fingerprint density at radius 1 is 1.07 bits per heavy atom. The van der Waals surface area contributed by atoms with Crippen LogP contribution in [0.3, 0.4) is 0 Å². The number of nitrogens with one attached hydrogen (secondary N) is 2. The van der Waals surface area contributed by atoms with Crippen LogP contribution in [-0.2, 0) is 16.3 Å². The van der Waals surface area contributed by atoms with Gasteiger partial charge in [-0.1, -0.05) is 24.3 Å².